The Morgan fingerprint density at radius 2 is 1.47 bits per heavy atom. The summed E-state index contributed by atoms with van der Waals surface area (Å²) in [6.45, 7) is 0. The smallest absolute Gasteiger partial charge is 0.0768 e. The van der Waals surface area contributed by atoms with Crippen molar-refractivity contribution in [2.45, 2.75) is 12.3 Å². The molecule has 0 unspecified atom stereocenters. The van der Waals surface area contributed by atoms with Crippen LogP contribution in [-0.2, 0) is 6.42 Å². The Balaban J connectivity index is 2.36. The van der Waals surface area contributed by atoms with E-state index in [1.807, 2.05) is 18.2 Å². The van der Waals surface area contributed by atoms with E-state index in [2.05, 4.69) is 6.07 Å². The Morgan fingerprint density at radius 3 is 2.05 bits per heavy atom. The second kappa shape index (κ2) is 6.30. The first-order valence-electron chi connectivity index (χ1n) is 5.70. The molecule has 0 amide bonds. The van der Waals surface area contributed by atoms with Crippen molar-refractivity contribution in [3.05, 3.63) is 68.7 Å². The molecule has 1 atom stereocenters. The SMILES string of the molecule is N#C[C@@H](Cc1c(Cl)cccc1Cl)c1ccccc1Cl. The fourth-order valence-electron chi connectivity index (χ4n) is 1.91. The topological polar surface area (TPSA) is 23.8 Å². The molecule has 0 aliphatic rings. The molecule has 0 aromatic heterocycles. The molecular formula is C15H10Cl3N. The molecule has 0 saturated heterocycles. The fraction of sp³-hybridized carbons (Fsp3) is 0.133. The molecule has 2 aromatic carbocycles. The number of benzene rings is 2. The Labute approximate surface area is 127 Å². The zero-order valence-electron chi connectivity index (χ0n) is 9.91. The Kier molecular flexibility index (Phi) is 4.71. The van der Waals surface area contributed by atoms with Crippen LogP contribution in [0.15, 0.2) is 42.5 Å². The molecule has 4 heteroatoms. The number of rotatable bonds is 3. The van der Waals surface area contributed by atoms with Crippen molar-refractivity contribution < 1.29 is 0 Å². The van der Waals surface area contributed by atoms with Crippen molar-refractivity contribution in [3.63, 3.8) is 0 Å². The van der Waals surface area contributed by atoms with Crippen LogP contribution in [0.1, 0.15) is 17.0 Å². The third-order valence-electron chi connectivity index (χ3n) is 2.91. The lowest BCUT2D eigenvalue weighted by molar-refractivity contribution is 0.850. The van der Waals surface area contributed by atoms with Gasteiger partial charge in [-0.05, 0) is 35.7 Å². The first-order chi connectivity index (χ1) is 9.13. The van der Waals surface area contributed by atoms with Crippen molar-refractivity contribution in [2.75, 3.05) is 0 Å². The van der Waals surface area contributed by atoms with Gasteiger partial charge < -0.3 is 0 Å². The van der Waals surface area contributed by atoms with Gasteiger partial charge in [0.05, 0.1) is 12.0 Å². The number of halogens is 3. The van der Waals surface area contributed by atoms with Crippen LogP contribution in [0, 0.1) is 11.3 Å². The Morgan fingerprint density at radius 1 is 0.895 bits per heavy atom. The summed E-state index contributed by atoms with van der Waals surface area (Å²) in [6.07, 6.45) is 0.443. The zero-order valence-corrected chi connectivity index (χ0v) is 12.2. The van der Waals surface area contributed by atoms with Gasteiger partial charge in [0, 0.05) is 15.1 Å². The van der Waals surface area contributed by atoms with Crippen molar-refractivity contribution in [2.24, 2.45) is 0 Å². The van der Waals surface area contributed by atoms with E-state index in [0.717, 1.165) is 11.1 Å². The van der Waals surface area contributed by atoms with Crippen LogP contribution in [0.4, 0.5) is 0 Å². The van der Waals surface area contributed by atoms with E-state index >= 15 is 0 Å². The molecule has 0 aliphatic carbocycles. The summed E-state index contributed by atoms with van der Waals surface area (Å²) in [7, 11) is 0. The minimum atomic E-state index is -0.369. The van der Waals surface area contributed by atoms with E-state index < -0.39 is 0 Å². The molecule has 96 valence electrons. The molecule has 0 heterocycles. The molecule has 1 nitrogen and oxygen atoms in total. The Bertz CT molecular complexity index is 611. The number of hydrogen-bond acceptors (Lipinski definition) is 1. The molecule has 0 aliphatic heterocycles. The van der Waals surface area contributed by atoms with E-state index in [0.29, 0.717) is 21.5 Å². The van der Waals surface area contributed by atoms with Gasteiger partial charge in [0.2, 0.25) is 0 Å². The van der Waals surface area contributed by atoms with Crippen molar-refractivity contribution >= 4 is 34.8 Å². The summed E-state index contributed by atoms with van der Waals surface area (Å²) in [5.41, 5.74) is 1.57. The van der Waals surface area contributed by atoms with Crippen LogP contribution in [0.2, 0.25) is 15.1 Å². The number of nitriles is 1. The summed E-state index contributed by atoms with van der Waals surface area (Å²) in [6, 6.07) is 14.9. The van der Waals surface area contributed by atoms with Crippen LogP contribution in [-0.4, -0.2) is 0 Å². The highest BCUT2D eigenvalue weighted by molar-refractivity contribution is 6.36. The summed E-state index contributed by atoms with van der Waals surface area (Å²) in [5.74, 6) is -0.369. The lowest BCUT2D eigenvalue weighted by atomic mass is 9.93. The maximum atomic E-state index is 9.35. The van der Waals surface area contributed by atoms with Crippen molar-refractivity contribution in [1.82, 2.24) is 0 Å². The molecule has 0 bridgehead atoms. The minimum absolute atomic E-state index is 0.369. The van der Waals surface area contributed by atoms with Crippen LogP contribution in [0.3, 0.4) is 0 Å². The average Bonchev–Trinajstić information content (AvgIpc) is 2.40. The largest absolute Gasteiger partial charge is 0.198 e. The van der Waals surface area contributed by atoms with Crippen LogP contribution in [0.25, 0.3) is 0 Å². The van der Waals surface area contributed by atoms with Gasteiger partial charge in [-0.25, -0.2) is 0 Å². The van der Waals surface area contributed by atoms with E-state index in [1.54, 1.807) is 24.3 Å². The highest BCUT2D eigenvalue weighted by Crippen LogP contribution is 2.32. The first kappa shape index (κ1) is 14.2. The maximum Gasteiger partial charge on any atom is 0.0768 e. The Hall–Kier alpha value is -1.20. The third kappa shape index (κ3) is 3.22. The second-order valence-corrected chi connectivity index (χ2v) is 5.33. The first-order valence-corrected chi connectivity index (χ1v) is 6.83. The molecule has 0 N–H and O–H groups in total. The second-order valence-electron chi connectivity index (χ2n) is 4.11. The summed E-state index contributed by atoms with van der Waals surface area (Å²) < 4.78 is 0. The zero-order chi connectivity index (χ0) is 13.8. The molecule has 0 saturated carbocycles. The maximum absolute atomic E-state index is 9.35. The molecular weight excluding hydrogens is 301 g/mol. The van der Waals surface area contributed by atoms with Crippen LogP contribution in [0.5, 0.6) is 0 Å². The van der Waals surface area contributed by atoms with Crippen LogP contribution < -0.4 is 0 Å². The van der Waals surface area contributed by atoms with Gasteiger partial charge >= 0.3 is 0 Å². The minimum Gasteiger partial charge on any atom is -0.198 e. The molecule has 0 spiro atoms. The van der Waals surface area contributed by atoms with E-state index in [4.69, 9.17) is 34.8 Å². The van der Waals surface area contributed by atoms with Gasteiger partial charge in [0.25, 0.3) is 0 Å². The lowest BCUT2D eigenvalue weighted by Gasteiger charge is -2.13. The standard InChI is InChI=1S/C15H10Cl3N/c16-13-5-2-1-4-11(13)10(9-19)8-12-14(17)6-3-7-15(12)18/h1-7,10H,8H2/t10-/m1/s1. The summed E-state index contributed by atoms with van der Waals surface area (Å²) in [4.78, 5) is 0. The summed E-state index contributed by atoms with van der Waals surface area (Å²) >= 11 is 18.4. The van der Waals surface area contributed by atoms with E-state index in [9.17, 15) is 5.26 Å². The number of hydrogen-bond donors (Lipinski definition) is 0. The number of nitrogens with zero attached hydrogens (tertiary/aromatic N) is 1. The molecule has 2 aromatic rings. The molecule has 2 rings (SSSR count). The van der Waals surface area contributed by atoms with Gasteiger partial charge in [-0.3, -0.25) is 0 Å². The lowest BCUT2D eigenvalue weighted by Crippen LogP contribution is -2.02. The highest BCUT2D eigenvalue weighted by atomic mass is 35.5. The highest BCUT2D eigenvalue weighted by Gasteiger charge is 2.17. The van der Waals surface area contributed by atoms with E-state index in [-0.39, 0.29) is 5.92 Å². The normalized spacial score (nSPS) is 11.9. The molecule has 0 fully saturated rings. The average molecular weight is 311 g/mol. The van der Waals surface area contributed by atoms with E-state index in [1.165, 1.54) is 0 Å². The molecule has 19 heavy (non-hydrogen) atoms. The summed E-state index contributed by atoms with van der Waals surface area (Å²) in [5, 5.41) is 11.1. The monoisotopic (exact) mass is 309 g/mol. The van der Waals surface area contributed by atoms with Gasteiger partial charge in [0.15, 0.2) is 0 Å². The predicted octanol–water partition coefficient (Wildman–Crippen LogP) is 5.50. The quantitative estimate of drug-likeness (QED) is 0.734. The fourth-order valence-corrected chi connectivity index (χ4v) is 2.73. The van der Waals surface area contributed by atoms with Gasteiger partial charge in [-0.1, -0.05) is 59.1 Å². The van der Waals surface area contributed by atoms with Crippen molar-refractivity contribution in [3.8, 4) is 6.07 Å². The predicted molar refractivity (Wildman–Crippen MR) is 80.0 cm³/mol. The van der Waals surface area contributed by atoms with Gasteiger partial charge in [0.1, 0.15) is 0 Å². The van der Waals surface area contributed by atoms with Crippen molar-refractivity contribution in [1.29, 1.82) is 5.26 Å². The van der Waals surface area contributed by atoms with Gasteiger partial charge in [-0.2, -0.15) is 5.26 Å². The third-order valence-corrected chi connectivity index (χ3v) is 3.96. The molecule has 0 radical (unpaired) electrons. The van der Waals surface area contributed by atoms with Gasteiger partial charge in [-0.15, -0.1) is 0 Å². The van der Waals surface area contributed by atoms with Crippen LogP contribution >= 0.6 is 34.8 Å².